The topological polar surface area (TPSA) is 92.8 Å². The van der Waals surface area contributed by atoms with Gasteiger partial charge in [-0.15, -0.1) is 11.8 Å². The van der Waals surface area contributed by atoms with Gasteiger partial charge in [0.1, 0.15) is 5.25 Å². The van der Waals surface area contributed by atoms with Crippen molar-refractivity contribution in [1.29, 1.82) is 0 Å². The number of hydrogen-bond acceptors (Lipinski definition) is 6. The van der Waals surface area contributed by atoms with Crippen LogP contribution in [0.2, 0.25) is 0 Å². The molecule has 0 bridgehead atoms. The lowest BCUT2D eigenvalue weighted by atomic mass is 10.1. The quantitative estimate of drug-likeness (QED) is 0.629. The Labute approximate surface area is 159 Å². The molecule has 8 heteroatoms. The second kappa shape index (κ2) is 7.63. The van der Waals surface area contributed by atoms with Crippen LogP contribution in [-0.4, -0.2) is 34.0 Å². The zero-order valence-electron chi connectivity index (χ0n) is 14.6. The molecular weight excluding hydrogens is 368 g/mol. The van der Waals surface area contributed by atoms with Gasteiger partial charge in [-0.3, -0.25) is 14.4 Å². The van der Waals surface area contributed by atoms with Gasteiger partial charge in [0.05, 0.1) is 11.1 Å². The summed E-state index contributed by atoms with van der Waals surface area (Å²) in [7, 11) is 0. The summed E-state index contributed by atoms with van der Waals surface area (Å²) >= 11 is 1.21. The van der Waals surface area contributed by atoms with Gasteiger partial charge in [-0.25, -0.2) is 4.79 Å². The number of hydrogen-bond donors (Lipinski definition) is 1. The predicted octanol–water partition coefficient (Wildman–Crippen LogP) is 2.88. The van der Waals surface area contributed by atoms with Crippen molar-refractivity contribution >= 4 is 41.1 Å². The molecule has 0 aliphatic carbocycles. The fourth-order valence-electron chi connectivity index (χ4n) is 2.49. The molecule has 0 saturated carbocycles. The molecule has 0 radical (unpaired) electrons. The minimum Gasteiger partial charge on any atom is -0.328 e. The molecule has 1 atom stereocenters. The number of anilines is 1. The van der Waals surface area contributed by atoms with E-state index in [2.05, 4.69) is 5.32 Å². The third kappa shape index (κ3) is 4.01. The van der Waals surface area contributed by atoms with Crippen molar-refractivity contribution in [2.24, 2.45) is 0 Å². The molecule has 2 aromatic carbocycles. The molecule has 0 aromatic heterocycles. The number of nitrogens with one attached hydrogen (secondary N) is 1. The van der Waals surface area contributed by atoms with E-state index in [1.807, 2.05) is 0 Å². The zero-order valence-corrected chi connectivity index (χ0v) is 15.4. The van der Waals surface area contributed by atoms with E-state index in [9.17, 15) is 19.2 Å². The number of carbonyl (C=O) groups is 4. The lowest BCUT2D eigenvalue weighted by molar-refractivity contribution is -0.167. The second-order valence-electron chi connectivity index (χ2n) is 5.83. The molecule has 1 N–H and O–H groups in total. The maximum atomic E-state index is 12.3. The summed E-state index contributed by atoms with van der Waals surface area (Å²) < 4.78 is 0. The van der Waals surface area contributed by atoms with Crippen LogP contribution < -0.4 is 5.32 Å². The standard InChI is InChI=1S/C19H16N2O5S/c1-11(27-14-9-7-13(8-10-14)20-12(2)22)19(25)26-21-17(23)15-5-3-4-6-16(15)18(21)24/h3-11H,1-2H3,(H,20,22). The lowest BCUT2D eigenvalue weighted by Gasteiger charge is -2.16. The van der Waals surface area contributed by atoms with Gasteiger partial charge in [0.15, 0.2) is 0 Å². The molecule has 7 nitrogen and oxygen atoms in total. The summed E-state index contributed by atoms with van der Waals surface area (Å²) in [5.41, 5.74) is 1.07. The number of rotatable bonds is 5. The maximum absolute atomic E-state index is 12.3. The van der Waals surface area contributed by atoms with Crippen molar-refractivity contribution in [3.05, 3.63) is 59.7 Å². The van der Waals surface area contributed by atoms with E-state index in [4.69, 9.17) is 4.84 Å². The third-order valence-corrected chi connectivity index (χ3v) is 4.85. The molecule has 1 heterocycles. The highest BCUT2D eigenvalue weighted by Gasteiger charge is 2.39. The van der Waals surface area contributed by atoms with Crippen LogP contribution in [0.25, 0.3) is 0 Å². The van der Waals surface area contributed by atoms with E-state index in [-0.39, 0.29) is 17.0 Å². The van der Waals surface area contributed by atoms with Gasteiger partial charge < -0.3 is 10.2 Å². The Morgan fingerprint density at radius 3 is 2.07 bits per heavy atom. The zero-order chi connectivity index (χ0) is 19.6. The van der Waals surface area contributed by atoms with Crippen molar-refractivity contribution in [1.82, 2.24) is 5.06 Å². The van der Waals surface area contributed by atoms with Crippen LogP contribution in [0.3, 0.4) is 0 Å². The Morgan fingerprint density at radius 2 is 1.56 bits per heavy atom. The molecule has 1 aliphatic rings. The Morgan fingerprint density at radius 1 is 1.00 bits per heavy atom. The smallest absolute Gasteiger partial charge is 0.328 e. The highest BCUT2D eigenvalue weighted by atomic mass is 32.2. The van der Waals surface area contributed by atoms with Crippen LogP contribution in [0, 0.1) is 0 Å². The number of fused-ring (bicyclic) bond motifs is 1. The molecule has 1 unspecified atom stereocenters. The van der Waals surface area contributed by atoms with Crippen LogP contribution in [0.15, 0.2) is 53.4 Å². The van der Waals surface area contributed by atoms with Crippen LogP contribution in [0.1, 0.15) is 34.6 Å². The number of carbonyl (C=O) groups excluding carboxylic acids is 4. The van der Waals surface area contributed by atoms with Gasteiger partial charge in [-0.05, 0) is 43.3 Å². The Kier molecular flexibility index (Phi) is 5.27. The van der Waals surface area contributed by atoms with E-state index in [0.717, 1.165) is 4.90 Å². The van der Waals surface area contributed by atoms with Gasteiger partial charge >= 0.3 is 5.97 Å². The lowest BCUT2D eigenvalue weighted by Crippen LogP contribution is -2.35. The minimum atomic E-state index is -0.708. The van der Waals surface area contributed by atoms with E-state index < -0.39 is 23.0 Å². The van der Waals surface area contributed by atoms with E-state index in [1.165, 1.54) is 30.8 Å². The molecule has 27 heavy (non-hydrogen) atoms. The first-order valence-corrected chi connectivity index (χ1v) is 8.98. The Hall–Kier alpha value is -3.13. The second-order valence-corrected chi connectivity index (χ2v) is 7.24. The SMILES string of the molecule is CC(=O)Nc1ccc(SC(C)C(=O)ON2C(=O)c3ccccc3C2=O)cc1. The van der Waals surface area contributed by atoms with Gasteiger partial charge in [0.25, 0.3) is 11.8 Å². The summed E-state index contributed by atoms with van der Waals surface area (Å²) in [4.78, 5) is 53.6. The van der Waals surface area contributed by atoms with Crippen molar-refractivity contribution in [3.63, 3.8) is 0 Å². The van der Waals surface area contributed by atoms with Crippen LogP contribution in [0.4, 0.5) is 5.69 Å². The first kappa shape index (κ1) is 18.7. The summed E-state index contributed by atoms with van der Waals surface area (Å²) in [6.07, 6.45) is 0. The first-order chi connectivity index (χ1) is 12.9. The minimum absolute atomic E-state index is 0.173. The summed E-state index contributed by atoms with van der Waals surface area (Å²) in [5.74, 6) is -2.18. The van der Waals surface area contributed by atoms with Crippen molar-refractivity contribution in [2.45, 2.75) is 24.0 Å². The van der Waals surface area contributed by atoms with E-state index in [1.54, 1.807) is 43.3 Å². The first-order valence-electron chi connectivity index (χ1n) is 8.10. The predicted molar refractivity (Wildman–Crippen MR) is 99.1 cm³/mol. The number of benzene rings is 2. The summed E-state index contributed by atoms with van der Waals surface area (Å²) in [6, 6.07) is 13.2. The van der Waals surface area contributed by atoms with E-state index >= 15 is 0 Å². The average molecular weight is 384 g/mol. The molecule has 1 aliphatic heterocycles. The molecule has 0 saturated heterocycles. The summed E-state index contributed by atoms with van der Waals surface area (Å²) in [6.45, 7) is 3.03. The maximum Gasteiger partial charge on any atom is 0.346 e. The molecular formula is C19H16N2O5S. The average Bonchev–Trinajstić information content (AvgIpc) is 2.88. The molecule has 0 fully saturated rings. The van der Waals surface area contributed by atoms with E-state index in [0.29, 0.717) is 10.8 Å². The highest BCUT2D eigenvalue weighted by molar-refractivity contribution is 8.00. The molecule has 3 amide bonds. The number of imide groups is 1. The van der Waals surface area contributed by atoms with Crippen molar-refractivity contribution < 1.29 is 24.0 Å². The fraction of sp³-hybridized carbons (Fsp3) is 0.158. The third-order valence-electron chi connectivity index (χ3n) is 3.76. The van der Waals surface area contributed by atoms with Gasteiger partial charge in [-0.1, -0.05) is 17.2 Å². The molecule has 138 valence electrons. The highest BCUT2D eigenvalue weighted by Crippen LogP contribution is 2.27. The monoisotopic (exact) mass is 384 g/mol. The normalized spacial score (nSPS) is 13.9. The summed E-state index contributed by atoms with van der Waals surface area (Å²) in [5, 5.41) is 2.51. The Balaban J connectivity index is 1.62. The van der Waals surface area contributed by atoms with Crippen molar-refractivity contribution in [2.75, 3.05) is 5.32 Å². The van der Waals surface area contributed by atoms with Gasteiger partial charge in [0, 0.05) is 17.5 Å². The number of hydroxylamine groups is 2. The number of amides is 3. The van der Waals surface area contributed by atoms with Gasteiger partial charge in [0.2, 0.25) is 5.91 Å². The number of nitrogens with zero attached hydrogens (tertiary/aromatic N) is 1. The largest absolute Gasteiger partial charge is 0.346 e. The van der Waals surface area contributed by atoms with Crippen LogP contribution in [0.5, 0.6) is 0 Å². The molecule has 3 rings (SSSR count). The van der Waals surface area contributed by atoms with Gasteiger partial charge in [-0.2, -0.15) is 0 Å². The Bertz CT molecular complexity index is 891. The van der Waals surface area contributed by atoms with Crippen LogP contribution in [-0.2, 0) is 14.4 Å². The van der Waals surface area contributed by atoms with Crippen molar-refractivity contribution in [3.8, 4) is 0 Å². The molecule has 2 aromatic rings. The number of thioether (sulfide) groups is 1. The fourth-order valence-corrected chi connectivity index (χ4v) is 3.33. The molecule has 0 spiro atoms. The van der Waals surface area contributed by atoms with Crippen LogP contribution >= 0.6 is 11.8 Å².